The molecule has 3 rings (SSSR count). The Morgan fingerprint density at radius 3 is 2.63 bits per heavy atom. The van der Waals surface area contributed by atoms with Crippen LogP contribution in [0.3, 0.4) is 0 Å². The fourth-order valence-electron chi connectivity index (χ4n) is 2.61. The first-order valence-electron chi connectivity index (χ1n) is 8.51. The number of rotatable bonds is 5. The van der Waals surface area contributed by atoms with Gasteiger partial charge >= 0.3 is 0 Å². The van der Waals surface area contributed by atoms with E-state index in [2.05, 4.69) is 20.8 Å². The van der Waals surface area contributed by atoms with E-state index in [1.165, 1.54) is 18.3 Å². The predicted octanol–water partition coefficient (Wildman–Crippen LogP) is 4.19. The minimum absolute atomic E-state index is 0.180. The van der Waals surface area contributed by atoms with Crippen LogP contribution in [0.15, 0.2) is 28.8 Å². The third kappa shape index (κ3) is 4.06. The molecule has 27 heavy (non-hydrogen) atoms. The molecule has 1 aromatic carbocycles. The summed E-state index contributed by atoms with van der Waals surface area (Å²) in [4.78, 5) is 30.2. The van der Waals surface area contributed by atoms with Crippen LogP contribution >= 0.6 is 11.3 Å². The van der Waals surface area contributed by atoms with Crippen molar-refractivity contribution in [3.63, 3.8) is 0 Å². The Kier molecular flexibility index (Phi) is 5.36. The summed E-state index contributed by atoms with van der Waals surface area (Å²) in [6.07, 6.45) is 0.671. The van der Waals surface area contributed by atoms with Gasteiger partial charge in [-0.25, -0.2) is 0 Å². The molecule has 0 unspecified atom stereocenters. The number of hydrogen-bond acceptors (Lipinski definition) is 6. The van der Waals surface area contributed by atoms with Gasteiger partial charge in [-0.2, -0.15) is 4.98 Å². The lowest BCUT2D eigenvalue weighted by atomic mass is 10.1. The molecule has 8 heteroatoms. The van der Waals surface area contributed by atoms with Gasteiger partial charge in [0.15, 0.2) is 0 Å². The van der Waals surface area contributed by atoms with Gasteiger partial charge in [0, 0.05) is 29.5 Å². The fraction of sp³-hybridized carbons (Fsp3) is 0.263. The van der Waals surface area contributed by atoms with E-state index in [1.54, 1.807) is 25.1 Å². The van der Waals surface area contributed by atoms with Crippen LogP contribution < -0.4 is 10.6 Å². The molecular formula is C19H20N4O3S. The maximum Gasteiger partial charge on any atom is 0.256 e. The Morgan fingerprint density at radius 2 is 1.96 bits per heavy atom. The van der Waals surface area contributed by atoms with Gasteiger partial charge in [-0.05, 0) is 37.6 Å². The molecule has 2 N–H and O–H groups in total. The number of amides is 2. The summed E-state index contributed by atoms with van der Waals surface area (Å²) in [6.45, 7) is 7.10. The molecule has 140 valence electrons. The average molecular weight is 384 g/mol. The Hall–Kier alpha value is -3.00. The number of benzene rings is 1. The van der Waals surface area contributed by atoms with E-state index >= 15 is 0 Å². The number of carbonyl (C=O) groups excluding carboxylic acids is 2. The molecule has 0 bridgehead atoms. The van der Waals surface area contributed by atoms with E-state index < -0.39 is 0 Å². The first kappa shape index (κ1) is 18.8. The van der Waals surface area contributed by atoms with Crippen molar-refractivity contribution in [2.45, 2.75) is 34.1 Å². The molecule has 2 amide bonds. The van der Waals surface area contributed by atoms with Gasteiger partial charge in [-0.1, -0.05) is 18.1 Å². The second-order valence-corrected chi connectivity index (χ2v) is 7.32. The molecule has 0 spiro atoms. The molecule has 2 heterocycles. The van der Waals surface area contributed by atoms with Crippen molar-refractivity contribution in [1.29, 1.82) is 0 Å². The standard InChI is InChI=1S/C19H20N4O3S/c1-5-17-22-18(23-26-17)16-9-15(11(3)27-16)21-19(25)13-7-6-8-14(10(13)2)20-12(4)24/h6-9H,5H2,1-4H3,(H,20,24)(H,21,25). The monoisotopic (exact) mass is 384 g/mol. The zero-order chi connectivity index (χ0) is 19.6. The van der Waals surface area contributed by atoms with Crippen LogP contribution in [-0.2, 0) is 11.2 Å². The summed E-state index contributed by atoms with van der Waals surface area (Å²) in [7, 11) is 0. The number of hydrogen-bond donors (Lipinski definition) is 2. The van der Waals surface area contributed by atoms with Crippen molar-refractivity contribution in [2.24, 2.45) is 0 Å². The summed E-state index contributed by atoms with van der Waals surface area (Å²) >= 11 is 1.49. The highest BCUT2D eigenvalue weighted by Gasteiger charge is 2.17. The van der Waals surface area contributed by atoms with Crippen molar-refractivity contribution in [3.05, 3.63) is 46.2 Å². The lowest BCUT2D eigenvalue weighted by Crippen LogP contribution is -2.15. The lowest BCUT2D eigenvalue weighted by molar-refractivity contribution is -0.114. The second-order valence-electron chi connectivity index (χ2n) is 6.06. The van der Waals surface area contributed by atoms with Crippen LogP contribution in [0.2, 0.25) is 0 Å². The Labute approximate surface area is 160 Å². The Morgan fingerprint density at radius 1 is 1.19 bits per heavy atom. The summed E-state index contributed by atoms with van der Waals surface area (Å²) in [5, 5.41) is 9.64. The molecule has 0 atom stereocenters. The molecule has 0 radical (unpaired) electrons. The van der Waals surface area contributed by atoms with Crippen molar-refractivity contribution in [3.8, 4) is 10.7 Å². The minimum Gasteiger partial charge on any atom is -0.339 e. The van der Waals surface area contributed by atoms with E-state index in [0.29, 0.717) is 40.6 Å². The largest absolute Gasteiger partial charge is 0.339 e. The smallest absolute Gasteiger partial charge is 0.256 e. The van der Waals surface area contributed by atoms with E-state index in [-0.39, 0.29) is 11.8 Å². The predicted molar refractivity (Wildman–Crippen MR) is 105 cm³/mol. The van der Waals surface area contributed by atoms with Crippen LogP contribution in [0.5, 0.6) is 0 Å². The highest BCUT2D eigenvalue weighted by Crippen LogP contribution is 2.33. The van der Waals surface area contributed by atoms with E-state index in [0.717, 1.165) is 9.75 Å². The molecule has 0 fully saturated rings. The summed E-state index contributed by atoms with van der Waals surface area (Å²) in [5.74, 6) is 0.673. The van der Waals surface area contributed by atoms with Crippen LogP contribution in [0.4, 0.5) is 11.4 Å². The van der Waals surface area contributed by atoms with Crippen molar-refractivity contribution < 1.29 is 14.1 Å². The van der Waals surface area contributed by atoms with Crippen molar-refractivity contribution in [2.75, 3.05) is 10.6 Å². The van der Waals surface area contributed by atoms with Crippen LogP contribution in [-0.4, -0.2) is 22.0 Å². The highest BCUT2D eigenvalue weighted by molar-refractivity contribution is 7.16. The van der Waals surface area contributed by atoms with Gasteiger partial charge in [0.05, 0.1) is 10.6 Å². The third-order valence-corrected chi connectivity index (χ3v) is 5.09. The quantitative estimate of drug-likeness (QED) is 0.687. The topological polar surface area (TPSA) is 97.1 Å². The maximum absolute atomic E-state index is 12.8. The number of aromatic nitrogens is 2. The van der Waals surface area contributed by atoms with Gasteiger partial charge < -0.3 is 15.2 Å². The van der Waals surface area contributed by atoms with E-state index in [9.17, 15) is 9.59 Å². The Bertz CT molecular complexity index is 1010. The summed E-state index contributed by atoms with van der Waals surface area (Å²) < 4.78 is 5.15. The normalized spacial score (nSPS) is 10.7. The number of aryl methyl sites for hydroxylation is 2. The van der Waals surface area contributed by atoms with Gasteiger partial charge in [0.2, 0.25) is 17.6 Å². The summed E-state index contributed by atoms with van der Waals surface area (Å²) in [5.41, 5.74) is 2.54. The molecule has 0 aliphatic rings. The molecule has 7 nitrogen and oxygen atoms in total. The van der Waals surface area contributed by atoms with E-state index in [1.807, 2.05) is 19.9 Å². The maximum atomic E-state index is 12.8. The first-order valence-corrected chi connectivity index (χ1v) is 9.32. The van der Waals surface area contributed by atoms with Gasteiger partial charge in [0.1, 0.15) is 0 Å². The zero-order valence-electron chi connectivity index (χ0n) is 15.5. The zero-order valence-corrected chi connectivity index (χ0v) is 16.4. The number of nitrogens with one attached hydrogen (secondary N) is 2. The molecular weight excluding hydrogens is 364 g/mol. The second kappa shape index (κ2) is 7.71. The SMILES string of the molecule is CCc1nc(-c2cc(NC(=O)c3cccc(NC(C)=O)c3C)c(C)s2)no1. The van der Waals surface area contributed by atoms with Crippen LogP contribution in [0.25, 0.3) is 10.7 Å². The highest BCUT2D eigenvalue weighted by atomic mass is 32.1. The number of carbonyl (C=O) groups is 2. The molecule has 0 aliphatic carbocycles. The number of thiophene rings is 1. The fourth-order valence-corrected chi connectivity index (χ4v) is 3.51. The van der Waals surface area contributed by atoms with Gasteiger partial charge in [0.25, 0.3) is 5.91 Å². The van der Waals surface area contributed by atoms with Crippen molar-refractivity contribution >= 4 is 34.5 Å². The number of nitrogens with zero attached hydrogens (tertiary/aromatic N) is 2. The number of anilines is 2. The van der Waals surface area contributed by atoms with Crippen LogP contribution in [0, 0.1) is 13.8 Å². The first-order chi connectivity index (χ1) is 12.9. The molecule has 0 saturated carbocycles. The van der Waals surface area contributed by atoms with Crippen LogP contribution in [0.1, 0.15) is 40.5 Å². The third-order valence-electron chi connectivity index (χ3n) is 4.05. The molecule has 2 aromatic heterocycles. The lowest BCUT2D eigenvalue weighted by Gasteiger charge is -2.11. The molecule has 0 aliphatic heterocycles. The Balaban J connectivity index is 1.83. The van der Waals surface area contributed by atoms with Gasteiger partial charge in [-0.3, -0.25) is 9.59 Å². The summed E-state index contributed by atoms with van der Waals surface area (Å²) in [6, 6.07) is 7.08. The van der Waals surface area contributed by atoms with E-state index in [4.69, 9.17) is 4.52 Å². The molecule has 3 aromatic rings. The average Bonchev–Trinajstić information content (AvgIpc) is 3.23. The molecule has 0 saturated heterocycles. The minimum atomic E-state index is -0.241. The van der Waals surface area contributed by atoms with Crippen molar-refractivity contribution in [1.82, 2.24) is 10.1 Å². The van der Waals surface area contributed by atoms with Gasteiger partial charge in [-0.15, -0.1) is 11.3 Å².